The van der Waals surface area contributed by atoms with Crippen LogP contribution in [0.25, 0.3) is 0 Å². The largest absolute Gasteiger partial charge is 0.496 e. The number of hydrogen-bond donors (Lipinski definition) is 0. The highest BCUT2D eigenvalue weighted by atomic mass is 79.9. The van der Waals surface area contributed by atoms with Crippen molar-refractivity contribution in [3.05, 3.63) is 28.2 Å². The normalized spacial score (nSPS) is 22.7. The van der Waals surface area contributed by atoms with Gasteiger partial charge >= 0.3 is 0 Å². The fourth-order valence-corrected chi connectivity index (χ4v) is 3.09. The van der Waals surface area contributed by atoms with E-state index in [1.165, 1.54) is 0 Å². The molecule has 1 amide bonds. The lowest BCUT2D eigenvalue weighted by Gasteiger charge is -2.37. The zero-order valence-corrected chi connectivity index (χ0v) is 14.6. The number of morpholine rings is 1. The van der Waals surface area contributed by atoms with Gasteiger partial charge in [-0.3, -0.25) is 4.79 Å². The first-order valence-electron chi connectivity index (χ1n) is 6.39. The Hall–Kier alpha value is -0.590. The van der Waals surface area contributed by atoms with Gasteiger partial charge in [-0.05, 0) is 41.1 Å². The highest BCUT2D eigenvalue weighted by molar-refractivity contribution is 9.10. The number of amides is 1. The monoisotopic (exact) mass is 405 g/mol. The van der Waals surface area contributed by atoms with Crippen LogP contribution in [0.1, 0.15) is 17.3 Å². The second-order valence-electron chi connectivity index (χ2n) is 4.77. The molecule has 1 fully saturated rings. The Morgan fingerprint density at radius 2 is 2.30 bits per heavy atom. The number of alkyl halides is 1. The summed E-state index contributed by atoms with van der Waals surface area (Å²) in [6, 6.07) is 5.47. The predicted octanol–water partition coefficient (Wildman–Crippen LogP) is 3.08. The SMILES string of the molecule is COc1ccc(C(=O)N2CC(CBr)OCC2C)cc1Br. The van der Waals surface area contributed by atoms with Crippen LogP contribution in [-0.2, 0) is 4.74 Å². The highest BCUT2D eigenvalue weighted by Crippen LogP contribution is 2.27. The van der Waals surface area contributed by atoms with Crippen molar-refractivity contribution in [3.8, 4) is 5.75 Å². The Bertz CT molecular complexity index is 495. The van der Waals surface area contributed by atoms with E-state index < -0.39 is 0 Å². The molecular formula is C14H17Br2NO3. The second kappa shape index (κ2) is 6.91. The summed E-state index contributed by atoms with van der Waals surface area (Å²) >= 11 is 6.82. The van der Waals surface area contributed by atoms with Crippen LogP contribution in [0.3, 0.4) is 0 Å². The van der Waals surface area contributed by atoms with Crippen LogP contribution in [0, 0.1) is 0 Å². The summed E-state index contributed by atoms with van der Waals surface area (Å²) in [4.78, 5) is 14.5. The molecule has 2 rings (SSSR count). The van der Waals surface area contributed by atoms with Crippen LogP contribution >= 0.6 is 31.9 Å². The summed E-state index contributed by atoms with van der Waals surface area (Å²) in [5, 5.41) is 0.732. The lowest BCUT2D eigenvalue weighted by Crippen LogP contribution is -2.51. The maximum atomic E-state index is 12.6. The van der Waals surface area contributed by atoms with E-state index in [9.17, 15) is 4.79 Å². The number of methoxy groups -OCH3 is 1. The van der Waals surface area contributed by atoms with Crippen molar-refractivity contribution in [1.82, 2.24) is 4.90 Å². The van der Waals surface area contributed by atoms with Gasteiger partial charge in [-0.15, -0.1) is 0 Å². The predicted molar refractivity (Wildman–Crippen MR) is 84.7 cm³/mol. The minimum atomic E-state index is 0.0232. The Balaban J connectivity index is 2.19. The molecule has 2 unspecified atom stereocenters. The summed E-state index contributed by atoms with van der Waals surface area (Å²) in [5.41, 5.74) is 0.653. The Kier molecular flexibility index (Phi) is 5.46. The molecule has 1 aliphatic heterocycles. The molecular weight excluding hydrogens is 390 g/mol. The number of ether oxygens (including phenoxy) is 2. The van der Waals surface area contributed by atoms with Crippen LogP contribution in [0.5, 0.6) is 5.75 Å². The second-order valence-corrected chi connectivity index (χ2v) is 6.27. The molecule has 0 aliphatic carbocycles. The fourth-order valence-electron chi connectivity index (χ4n) is 2.16. The van der Waals surface area contributed by atoms with Gasteiger partial charge in [-0.25, -0.2) is 0 Å². The van der Waals surface area contributed by atoms with Crippen LogP contribution in [0.15, 0.2) is 22.7 Å². The van der Waals surface area contributed by atoms with E-state index >= 15 is 0 Å². The molecule has 0 bridgehead atoms. The smallest absolute Gasteiger partial charge is 0.254 e. The van der Waals surface area contributed by atoms with Crippen molar-refractivity contribution >= 4 is 37.8 Å². The van der Waals surface area contributed by atoms with Crippen LogP contribution in [0.4, 0.5) is 0 Å². The topological polar surface area (TPSA) is 38.8 Å². The van der Waals surface area contributed by atoms with Crippen LogP contribution < -0.4 is 4.74 Å². The Morgan fingerprint density at radius 1 is 1.55 bits per heavy atom. The summed E-state index contributed by atoms with van der Waals surface area (Å²) in [6.07, 6.45) is 0.0526. The molecule has 2 atom stereocenters. The standard InChI is InChI=1S/C14H17Br2NO3/c1-9-8-20-11(6-15)7-17(9)14(18)10-3-4-13(19-2)12(16)5-10/h3-5,9,11H,6-8H2,1-2H3. The van der Waals surface area contributed by atoms with Crippen molar-refractivity contribution in [1.29, 1.82) is 0 Å². The molecule has 0 saturated carbocycles. The number of nitrogens with zero attached hydrogens (tertiary/aromatic N) is 1. The average molecular weight is 407 g/mol. The Morgan fingerprint density at radius 3 is 2.90 bits per heavy atom. The van der Waals surface area contributed by atoms with Gasteiger partial charge in [0.15, 0.2) is 0 Å². The molecule has 1 saturated heterocycles. The van der Waals surface area contributed by atoms with Crippen LogP contribution in [-0.4, -0.2) is 48.5 Å². The molecule has 20 heavy (non-hydrogen) atoms. The summed E-state index contributed by atoms with van der Waals surface area (Å²) < 4.78 is 11.6. The summed E-state index contributed by atoms with van der Waals surface area (Å²) in [5.74, 6) is 0.741. The minimum Gasteiger partial charge on any atom is -0.496 e. The van der Waals surface area contributed by atoms with Gasteiger partial charge in [0.1, 0.15) is 5.75 Å². The third kappa shape index (κ3) is 3.35. The fraction of sp³-hybridized carbons (Fsp3) is 0.500. The van der Waals surface area contributed by atoms with Crippen molar-refractivity contribution in [2.24, 2.45) is 0 Å². The van der Waals surface area contributed by atoms with E-state index in [4.69, 9.17) is 9.47 Å². The number of carbonyl (C=O) groups excluding carboxylic acids is 1. The summed E-state index contributed by atoms with van der Waals surface area (Å²) in [7, 11) is 1.60. The van der Waals surface area contributed by atoms with Gasteiger partial charge < -0.3 is 14.4 Å². The number of benzene rings is 1. The van der Waals surface area contributed by atoms with E-state index in [0.29, 0.717) is 18.7 Å². The summed E-state index contributed by atoms with van der Waals surface area (Å²) in [6.45, 7) is 3.18. The number of halogens is 2. The van der Waals surface area contributed by atoms with E-state index in [1.54, 1.807) is 25.3 Å². The van der Waals surface area contributed by atoms with E-state index in [-0.39, 0.29) is 18.1 Å². The zero-order valence-electron chi connectivity index (χ0n) is 11.4. The molecule has 1 aromatic rings. The van der Waals surface area contributed by atoms with Gasteiger partial charge in [-0.2, -0.15) is 0 Å². The van der Waals surface area contributed by atoms with Gasteiger partial charge in [0, 0.05) is 17.4 Å². The molecule has 1 heterocycles. The molecule has 1 aromatic carbocycles. The molecule has 0 N–H and O–H groups in total. The lowest BCUT2D eigenvalue weighted by molar-refractivity contribution is -0.0361. The molecule has 0 radical (unpaired) electrons. The molecule has 4 nitrogen and oxygen atoms in total. The third-order valence-corrected chi connectivity index (χ3v) is 4.68. The maximum absolute atomic E-state index is 12.6. The van der Waals surface area contributed by atoms with Crippen molar-refractivity contribution in [2.45, 2.75) is 19.1 Å². The van der Waals surface area contributed by atoms with Gasteiger partial charge in [-0.1, -0.05) is 15.9 Å². The van der Waals surface area contributed by atoms with Gasteiger partial charge in [0.2, 0.25) is 0 Å². The van der Waals surface area contributed by atoms with E-state index in [0.717, 1.165) is 15.6 Å². The molecule has 0 spiro atoms. The average Bonchev–Trinajstić information content (AvgIpc) is 2.47. The number of rotatable bonds is 3. The minimum absolute atomic E-state index is 0.0232. The zero-order chi connectivity index (χ0) is 14.7. The molecule has 110 valence electrons. The number of hydrogen-bond acceptors (Lipinski definition) is 3. The first kappa shape index (κ1) is 15.8. The molecule has 6 heteroatoms. The van der Waals surface area contributed by atoms with E-state index in [1.807, 2.05) is 11.8 Å². The van der Waals surface area contributed by atoms with E-state index in [2.05, 4.69) is 31.9 Å². The van der Waals surface area contributed by atoms with Gasteiger partial charge in [0.05, 0.1) is 30.3 Å². The molecule has 0 aromatic heterocycles. The van der Waals surface area contributed by atoms with Crippen molar-refractivity contribution in [2.75, 3.05) is 25.6 Å². The highest BCUT2D eigenvalue weighted by Gasteiger charge is 2.29. The first-order chi connectivity index (χ1) is 9.56. The van der Waals surface area contributed by atoms with Crippen molar-refractivity contribution < 1.29 is 14.3 Å². The lowest BCUT2D eigenvalue weighted by atomic mass is 10.1. The molecule has 1 aliphatic rings. The quantitative estimate of drug-likeness (QED) is 0.724. The maximum Gasteiger partial charge on any atom is 0.254 e. The third-order valence-electron chi connectivity index (χ3n) is 3.34. The van der Waals surface area contributed by atoms with Gasteiger partial charge in [0.25, 0.3) is 5.91 Å². The first-order valence-corrected chi connectivity index (χ1v) is 8.30. The Labute approximate surface area is 135 Å². The van der Waals surface area contributed by atoms with Crippen LogP contribution in [0.2, 0.25) is 0 Å². The van der Waals surface area contributed by atoms with Crippen molar-refractivity contribution in [3.63, 3.8) is 0 Å². The number of carbonyl (C=O) groups is 1.